The molecule has 1 N–H and O–H groups in total. The van der Waals surface area contributed by atoms with Crippen molar-refractivity contribution in [2.75, 3.05) is 13.1 Å². The Kier molecular flexibility index (Phi) is 2.07. The summed E-state index contributed by atoms with van der Waals surface area (Å²) in [6, 6.07) is 0.202. The standard InChI is InChI=1S/C9H13NO3/c11-8-3-7-2-1-6(8)4-10(7)5-9(12)13/h6-7H,1-5H2,(H,12,13). The molecule has 2 unspecified atom stereocenters. The van der Waals surface area contributed by atoms with Crippen LogP contribution in [0.2, 0.25) is 0 Å². The molecule has 4 heteroatoms. The van der Waals surface area contributed by atoms with Gasteiger partial charge in [-0.2, -0.15) is 0 Å². The van der Waals surface area contributed by atoms with Gasteiger partial charge >= 0.3 is 5.97 Å². The highest BCUT2D eigenvalue weighted by Crippen LogP contribution is 2.31. The van der Waals surface area contributed by atoms with E-state index in [-0.39, 0.29) is 18.5 Å². The molecule has 3 fully saturated rings. The van der Waals surface area contributed by atoms with Gasteiger partial charge in [0, 0.05) is 24.9 Å². The van der Waals surface area contributed by atoms with Crippen LogP contribution in [0.25, 0.3) is 0 Å². The minimum absolute atomic E-state index is 0.0917. The molecule has 72 valence electrons. The number of piperidine rings is 2. The van der Waals surface area contributed by atoms with Crippen LogP contribution in [0.5, 0.6) is 0 Å². The fourth-order valence-corrected chi connectivity index (χ4v) is 2.36. The van der Waals surface area contributed by atoms with Crippen LogP contribution in [0, 0.1) is 5.92 Å². The molecule has 2 aliphatic heterocycles. The molecule has 0 radical (unpaired) electrons. The third-order valence-electron chi connectivity index (χ3n) is 3.05. The molecule has 13 heavy (non-hydrogen) atoms. The van der Waals surface area contributed by atoms with Crippen LogP contribution in [-0.4, -0.2) is 40.9 Å². The van der Waals surface area contributed by atoms with Gasteiger partial charge in [-0.05, 0) is 12.8 Å². The van der Waals surface area contributed by atoms with Crippen molar-refractivity contribution in [1.82, 2.24) is 4.90 Å². The summed E-state index contributed by atoms with van der Waals surface area (Å²) in [5, 5.41) is 8.63. The lowest BCUT2D eigenvalue weighted by Gasteiger charge is -2.43. The van der Waals surface area contributed by atoms with Crippen LogP contribution >= 0.6 is 0 Å². The Balaban J connectivity index is 2.02. The Bertz CT molecular complexity index is 251. The summed E-state index contributed by atoms with van der Waals surface area (Å²) in [6.07, 6.45) is 2.52. The molecule has 0 spiro atoms. The molecule has 0 aromatic carbocycles. The van der Waals surface area contributed by atoms with E-state index in [2.05, 4.69) is 0 Å². The Hall–Kier alpha value is -0.900. The minimum Gasteiger partial charge on any atom is -0.480 e. The fraction of sp³-hybridized carbons (Fsp3) is 0.778. The molecular formula is C9H13NO3. The Morgan fingerprint density at radius 3 is 2.77 bits per heavy atom. The maximum atomic E-state index is 11.3. The number of hydrogen-bond acceptors (Lipinski definition) is 3. The number of rotatable bonds is 2. The van der Waals surface area contributed by atoms with Crippen molar-refractivity contribution >= 4 is 11.8 Å². The Morgan fingerprint density at radius 2 is 2.31 bits per heavy atom. The first-order valence-corrected chi connectivity index (χ1v) is 4.65. The van der Waals surface area contributed by atoms with Crippen molar-refractivity contribution in [3.8, 4) is 0 Å². The van der Waals surface area contributed by atoms with Crippen LogP contribution in [0.1, 0.15) is 19.3 Å². The number of aliphatic carboxylic acids is 1. The number of hydrogen-bond donors (Lipinski definition) is 1. The van der Waals surface area contributed by atoms with E-state index in [9.17, 15) is 9.59 Å². The number of nitrogens with zero attached hydrogens (tertiary/aromatic N) is 1. The third kappa shape index (κ3) is 1.58. The van der Waals surface area contributed by atoms with E-state index >= 15 is 0 Å². The number of ketones is 1. The molecule has 0 aromatic heterocycles. The van der Waals surface area contributed by atoms with Gasteiger partial charge in [0.2, 0.25) is 0 Å². The number of Topliss-reactive ketones (excluding diaryl/α,β-unsaturated/α-hetero) is 1. The number of carbonyl (C=O) groups excluding carboxylic acids is 1. The molecule has 2 bridgehead atoms. The van der Waals surface area contributed by atoms with Crippen LogP contribution in [0.4, 0.5) is 0 Å². The molecule has 2 saturated heterocycles. The van der Waals surface area contributed by atoms with Crippen LogP contribution in [0.3, 0.4) is 0 Å². The summed E-state index contributed by atoms with van der Waals surface area (Å²) < 4.78 is 0. The zero-order chi connectivity index (χ0) is 9.42. The summed E-state index contributed by atoms with van der Waals surface area (Å²) >= 11 is 0. The maximum absolute atomic E-state index is 11.3. The van der Waals surface area contributed by atoms with Gasteiger partial charge < -0.3 is 5.11 Å². The van der Waals surface area contributed by atoms with Gasteiger partial charge in [0.15, 0.2) is 0 Å². The molecule has 3 rings (SSSR count). The Labute approximate surface area is 76.5 Å². The van der Waals surface area contributed by atoms with Gasteiger partial charge in [-0.15, -0.1) is 0 Å². The van der Waals surface area contributed by atoms with E-state index in [1.54, 1.807) is 0 Å². The molecule has 1 saturated carbocycles. The van der Waals surface area contributed by atoms with Gasteiger partial charge in [0.1, 0.15) is 5.78 Å². The molecule has 0 amide bonds. The predicted molar refractivity (Wildman–Crippen MR) is 45.3 cm³/mol. The van der Waals surface area contributed by atoms with Crippen molar-refractivity contribution in [3.63, 3.8) is 0 Å². The van der Waals surface area contributed by atoms with Crippen LogP contribution in [0.15, 0.2) is 0 Å². The topological polar surface area (TPSA) is 57.6 Å². The molecule has 1 aliphatic carbocycles. The van der Waals surface area contributed by atoms with Crippen LogP contribution in [-0.2, 0) is 9.59 Å². The molecular weight excluding hydrogens is 170 g/mol. The first-order valence-electron chi connectivity index (χ1n) is 4.65. The van der Waals surface area contributed by atoms with Gasteiger partial charge in [0.05, 0.1) is 6.54 Å². The quantitative estimate of drug-likeness (QED) is 0.660. The summed E-state index contributed by atoms with van der Waals surface area (Å²) in [5.41, 5.74) is 0. The SMILES string of the molecule is O=C(O)CN1CC2CCC1CC2=O. The van der Waals surface area contributed by atoms with Gasteiger partial charge in [-0.25, -0.2) is 0 Å². The first kappa shape index (κ1) is 8.69. The first-order chi connectivity index (χ1) is 6.16. The lowest BCUT2D eigenvalue weighted by atomic mass is 9.79. The smallest absolute Gasteiger partial charge is 0.317 e. The van der Waals surface area contributed by atoms with Crippen LogP contribution < -0.4 is 0 Å². The summed E-state index contributed by atoms with van der Waals surface area (Å²) in [4.78, 5) is 23.7. The molecule has 2 heterocycles. The normalized spacial score (nSPS) is 33.7. The third-order valence-corrected chi connectivity index (χ3v) is 3.05. The van der Waals surface area contributed by atoms with Crippen molar-refractivity contribution in [3.05, 3.63) is 0 Å². The number of carboxylic acids is 1. The van der Waals surface area contributed by atoms with Gasteiger partial charge in [0.25, 0.3) is 0 Å². The van der Waals surface area contributed by atoms with E-state index in [1.165, 1.54) is 0 Å². The van der Waals surface area contributed by atoms with E-state index in [0.29, 0.717) is 18.7 Å². The predicted octanol–water partition coefficient (Wildman–Crippen LogP) is 0.124. The second-order valence-electron chi connectivity index (χ2n) is 3.92. The summed E-state index contributed by atoms with van der Waals surface area (Å²) in [5.74, 6) is -0.345. The zero-order valence-electron chi connectivity index (χ0n) is 7.40. The van der Waals surface area contributed by atoms with E-state index in [0.717, 1.165) is 12.8 Å². The molecule has 0 aromatic rings. The van der Waals surface area contributed by atoms with Crippen molar-refractivity contribution < 1.29 is 14.7 Å². The van der Waals surface area contributed by atoms with E-state index in [4.69, 9.17) is 5.11 Å². The lowest BCUT2D eigenvalue weighted by Crippen LogP contribution is -2.53. The average molecular weight is 183 g/mol. The highest BCUT2D eigenvalue weighted by atomic mass is 16.4. The van der Waals surface area contributed by atoms with E-state index < -0.39 is 5.97 Å². The minimum atomic E-state index is -0.792. The fourth-order valence-electron chi connectivity index (χ4n) is 2.36. The van der Waals surface area contributed by atoms with Crippen molar-refractivity contribution in [2.45, 2.75) is 25.3 Å². The number of carbonyl (C=O) groups is 2. The highest BCUT2D eigenvalue weighted by molar-refractivity contribution is 5.83. The second-order valence-corrected chi connectivity index (χ2v) is 3.92. The zero-order valence-corrected chi connectivity index (χ0v) is 7.40. The Morgan fingerprint density at radius 1 is 1.54 bits per heavy atom. The lowest BCUT2D eigenvalue weighted by molar-refractivity contribution is -0.144. The number of carboxylic acid groups (broad SMARTS) is 1. The maximum Gasteiger partial charge on any atom is 0.317 e. The second kappa shape index (κ2) is 3.10. The van der Waals surface area contributed by atoms with Gasteiger partial charge in [-0.3, -0.25) is 14.5 Å². The number of fused-ring (bicyclic) bond motifs is 3. The molecule has 3 aliphatic rings. The molecule has 4 nitrogen and oxygen atoms in total. The summed E-state index contributed by atoms with van der Waals surface area (Å²) in [7, 11) is 0. The largest absolute Gasteiger partial charge is 0.480 e. The van der Waals surface area contributed by atoms with Crippen molar-refractivity contribution in [1.29, 1.82) is 0 Å². The summed E-state index contributed by atoms with van der Waals surface area (Å²) in [6.45, 7) is 0.754. The van der Waals surface area contributed by atoms with E-state index in [1.807, 2.05) is 4.90 Å². The highest BCUT2D eigenvalue weighted by Gasteiger charge is 2.39. The van der Waals surface area contributed by atoms with Crippen molar-refractivity contribution in [2.24, 2.45) is 5.92 Å². The monoisotopic (exact) mass is 183 g/mol. The molecule has 2 atom stereocenters. The average Bonchev–Trinajstić information content (AvgIpc) is 2.05. The van der Waals surface area contributed by atoms with Gasteiger partial charge in [-0.1, -0.05) is 0 Å².